The largest absolute Gasteiger partial charge is 0.381 e. The molecule has 0 amide bonds. The Labute approximate surface area is 128 Å². The minimum Gasteiger partial charge on any atom is -0.381 e. The van der Waals surface area contributed by atoms with Crippen molar-refractivity contribution in [2.45, 2.75) is 39.5 Å². The van der Waals surface area contributed by atoms with E-state index >= 15 is 0 Å². The molecule has 20 heavy (non-hydrogen) atoms. The second kappa shape index (κ2) is 11.1. The molecule has 0 radical (unpaired) electrons. The minimum atomic E-state index is 0.625. The summed E-state index contributed by atoms with van der Waals surface area (Å²) >= 11 is 5.94. The first-order chi connectivity index (χ1) is 9.76. The van der Waals surface area contributed by atoms with Gasteiger partial charge in [-0.25, -0.2) is 0 Å². The maximum atomic E-state index is 5.94. The molecule has 1 N–H and O–H groups in total. The van der Waals surface area contributed by atoms with Gasteiger partial charge in [-0.2, -0.15) is 0 Å². The van der Waals surface area contributed by atoms with E-state index in [1.807, 2.05) is 12.1 Å². The Morgan fingerprint density at radius 3 is 2.50 bits per heavy atom. The molecule has 0 bridgehead atoms. The van der Waals surface area contributed by atoms with Crippen LogP contribution in [-0.4, -0.2) is 26.3 Å². The van der Waals surface area contributed by atoms with E-state index in [0.717, 1.165) is 50.6 Å². The number of benzene rings is 1. The van der Waals surface area contributed by atoms with E-state index in [-0.39, 0.29) is 0 Å². The number of hydrogen-bond acceptors (Lipinski definition) is 2. The van der Waals surface area contributed by atoms with Gasteiger partial charge in [0.15, 0.2) is 0 Å². The first kappa shape index (κ1) is 17.5. The van der Waals surface area contributed by atoms with Crippen LogP contribution in [0.15, 0.2) is 24.3 Å². The summed E-state index contributed by atoms with van der Waals surface area (Å²) in [6.45, 7) is 8.23. The summed E-state index contributed by atoms with van der Waals surface area (Å²) in [5.41, 5.74) is 1.35. The fraction of sp³-hybridized carbons (Fsp3) is 0.647. The van der Waals surface area contributed by atoms with Crippen LogP contribution in [0.25, 0.3) is 0 Å². The molecule has 3 heteroatoms. The van der Waals surface area contributed by atoms with Crippen LogP contribution in [0.3, 0.4) is 0 Å². The second-order valence-corrected chi connectivity index (χ2v) is 5.74. The highest BCUT2D eigenvalue weighted by Gasteiger charge is 2.09. The quantitative estimate of drug-likeness (QED) is 0.614. The summed E-state index contributed by atoms with van der Waals surface area (Å²) in [7, 11) is 0. The molecule has 114 valence electrons. The molecule has 0 fully saturated rings. The second-order valence-electron chi connectivity index (χ2n) is 5.30. The van der Waals surface area contributed by atoms with Gasteiger partial charge in [0.05, 0.1) is 0 Å². The Morgan fingerprint density at radius 2 is 1.85 bits per heavy atom. The fourth-order valence-electron chi connectivity index (χ4n) is 2.21. The van der Waals surface area contributed by atoms with Crippen LogP contribution in [0.2, 0.25) is 5.02 Å². The van der Waals surface area contributed by atoms with Crippen LogP contribution < -0.4 is 5.32 Å². The highest BCUT2D eigenvalue weighted by molar-refractivity contribution is 6.30. The van der Waals surface area contributed by atoms with E-state index in [4.69, 9.17) is 16.3 Å². The zero-order valence-electron chi connectivity index (χ0n) is 12.8. The lowest BCUT2D eigenvalue weighted by Crippen LogP contribution is -2.26. The molecule has 0 aliphatic heterocycles. The molecule has 2 nitrogen and oxygen atoms in total. The smallest absolute Gasteiger partial charge is 0.0469 e. The maximum absolute atomic E-state index is 5.94. The van der Waals surface area contributed by atoms with Gasteiger partial charge in [-0.05, 0) is 62.4 Å². The maximum Gasteiger partial charge on any atom is 0.0469 e. The van der Waals surface area contributed by atoms with Crippen LogP contribution in [-0.2, 0) is 11.2 Å². The topological polar surface area (TPSA) is 21.3 Å². The highest BCUT2D eigenvalue weighted by Crippen LogP contribution is 2.15. The number of nitrogens with one attached hydrogen (secondary N) is 1. The van der Waals surface area contributed by atoms with Crippen LogP contribution >= 0.6 is 11.6 Å². The van der Waals surface area contributed by atoms with Gasteiger partial charge in [0, 0.05) is 18.2 Å². The summed E-state index contributed by atoms with van der Waals surface area (Å²) in [6, 6.07) is 8.20. The number of hydrogen-bond donors (Lipinski definition) is 1. The first-order valence-corrected chi connectivity index (χ1v) is 8.17. The molecule has 0 aliphatic rings. The minimum absolute atomic E-state index is 0.625. The van der Waals surface area contributed by atoms with Gasteiger partial charge in [-0.3, -0.25) is 0 Å². The summed E-state index contributed by atoms with van der Waals surface area (Å²) in [5, 5.41) is 4.33. The molecule has 1 aromatic carbocycles. The lowest BCUT2D eigenvalue weighted by molar-refractivity contribution is 0.120. The third kappa shape index (κ3) is 7.88. The van der Waals surface area contributed by atoms with Crippen molar-refractivity contribution in [3.05, 3.63) is 34.9 Å². The van der Waals surface area contributed by atoms with Gasteiger partial charge >= 0.3 is 0 Å². The summed E-state index contributed by atoms with van der Waals surface area (Å²) in [5.74, 6) is 0.625. The van der Waals surface area contributed by atoms with Gasteiger partial charge in [-0.1, -0.05) is 37.6 Å². The van der Waals surface area contributed by atoms with Gasteiger partial charge in [0.25, 0.3) is 0 Å². The van der Waals surface area contributed by atoms with Crippen molar-refractivity contribution in [2.75, 3.05) is 26.3 Å². The van der Waals surface area contributed by atoms with Gasteiger partial charge in [0.1, 0.15) is 0 Å². The van der Waals surface area contributed by atoms with Crippen LogP contribution in [0.1, 0.15) is 38.7 Å². The molecule has 1 atom stereocenters. The average molecular weight is 298 g/mol. The van der Waals surface area contributed by atoms with Crippen LogP contribution in [0.4, 0.5) is 0 Å². The molecular weight excluding hydrogens is 270 g/mol. The molecule has 0 aromatic heterocycles. The SMILES string of the molecule is CCCNCC(CCOCCC)Cc1ccc(Cl)cc1. The number of ether oxygens (including phenoxy) is 1. The van der Waals surface area contributed by atoms with E-state index in [9.17, 15) is 0 Å². The average Bonchev–Trinajstić information content (AvgIpc) is 2.46. The zero-order chi connectivity index (χ0) is 14.6. The molecule has 0 aliphatic carbocycles. The molecule has 0 saturated heterocycles. The lowest BCUT2D eigenvalue weighted by atomic mass is 9.96. The summed E-state index contributed by atoms with van der Waals surface area (Å²) in [4.78, 5) is 0. The van der Waals surface area contributed by atoms with E-state index in [1.54, 1.807) is 0 Å². The van der Waals surface area contributed by atoms with Crippen molar-refractivity contribution >= 4 is 11.6 Å². The Kier molecular flexibility index (Phi) is 9.73. The molecule has 0 spiro atoms. The summed E-state index contributed by atoms with van der Waals surface area (Å²) in [6.07, 6.45) is 4.47. The third-order valence-electron chi connectivity index (χ3n) is 3.32. The molecule has 1 unspecified atom stereocenters. The van der Waals surface area contributed by atoms with Crippen molar-refractivity contribution in [3.8, 4) is 0 Å². The van der Waals surface area contributed by atoms with Crippen LogP contribution in [0.5, 0.6) is 0 Å². The van der Waals surface area contributed by atoms with Gasteiger partial charge < -0.3 is 10.1 Å². The van der Waals surface area contributed by atoms with E-state index in [1.165, 1.54) is 12.0 Å². The van der Waals surface area contributed by atoms with Crippen molar-refractivity contribution in [2.24, 2.45) is 5.92 Å². The Morgan fingerprint density at radius 1 is 1.10 bits per heavy atom. The lowest BCUT2D eigenvalue weighted by Gasteiger charge is -2.18. The molecule has 1 aromatic rings. The fourth-order valence-corrected chi connectivity index (χ4v) is 2.34. The monoisotopic (exact) mass is 297 g/mol. The Balaban J connectivity index is 2.41. The summed E-state index contributed by atoms with van der Waals surface area (Å²) < 4.78 is 5.63. The van der Waals surface area contributed by atoms with Gasteiger partial charge in [-0.15, -0.1) is 0 Å². The normalized spacial score (nSPS) is 12.6. The molecular formula is C17H28ClNO. The van der Waals surface area contributed by atoms with Crippen molar-refractivity contribution < 1.29 is 4.74 Å². The van der Waals surface area contributed by atoms with Crippen LogP contribution in [0, 0.1) is 5.92 Å². The van der Waals surface area contributed by atoms with E-state index in [2.05, 4.69) is 31.3 Å². The predicted octanol–water partition coefficient (Wildman–Crippen LogP) is 4.32. The number of rotatable bonds is 11. The zero-order valence-corrected chi connectivity index (χ0v) is 13.6. The van der Waals surface area contributed by atoms with Crippen molar-refractivity contribution in [1.29, 1.82) is 0 Å². The van der Waals surface area contributed by atoms with Gasteiger partial charge in [0.2, 0.25) is 0 Å². The Hall–Kier alpha value is -0.570. The number of halogens is 1. The third-order valence-corrected chi connectivity index (χ3v) is 3.57. The molecule has 0 heterocycles. The van der Waals surface area contributed by atoms with Crippen molar-refractivity contribution in [1.82, 2.24) is 5.32 Å². The standard InChI is InChI=1S/C17H28ClNO/c1-3-10-19-14-16(9-12-20-11-4-2)13-15-5-7-17(18)8-6-15/h5-8,16,19H,3-4,9-14H2,1-2H3. The predicted molar refractivity (Wildman–Crippen MR) is 87.5 cm³/mol. The molecule has 0 saturated carbocycles. The molecule has 1 rings (SSSR count). The first-order valence-electron chi connectivity index (χ1n) is 7.79. The Bertz CT molecular complexity index is 339. The van der Waals surface area contributed by atoms with Crippen molar-refractivity contribution in [3.63, 3.8) is 0 Å². The van der Waals surface area contributed by atoms with E-state index in [0.29, 0.717) is 5.92 Å². The van der Waals surface area contributed by atoms with E-state index < -0.39 is 0 Å². The highest BCUT2D eigenvalue weighted by atomic mass is 35.5.